The summed E-state index contributed by atoms with van der Waals surface area (Å²) in [6, 6.07) is 12.2. The van der Waals surface area contributed by atoms with Gasteiger partial charge in [-0.3, -0.25) is 14.4 Å². The maximum atomic E-state index is 11.9. The topological polar surface area (TPSA) is 84.5 Å². The van der Waals surface area contributed by atoms with Crippen LogP contribution in [0.1, 0.15) is 31.7 Å². The number of benzene rings is 2. The lowest BCUT2D eigenvalue weighted by Gasteiger charge is -2.08. The number of nitrogens with one attached hydrogen (secondary N) is 2. The number of carbonyl (C=O) groups excluding carboxylic acids is 3. The molecule has 6 nitrogen and oxygen atoms in total. The van der Waals surface area contributed by atoms with Crippen molar-refractivity contribution < 1.29 is 19.1 Å². The zero-order valence-electron chi connectivity index (χ0n) is 16.0. The number of esters is 1. The van der Waals surface area contributed by atoms with Crippen LogP contribution in [0.2, 0.25) is 10.0 Å². The van der Waals surface area contributed by atoms with Crippen LogP contribution < -0.4 is 10.6 Å². The van der Waals surface area contributed by atoms with E-state index in [-0.39, 0.29) is 25.4 Å². The minimum Gasteiger partial charge on any atom is -0.456 e. The Balaban J connectivity index is 1.63. The van der Waals surface area contributed by atoms with Crippen molar-refractivity contribution in [1.82, 2.24) is 0 Å². The number of hydrogen-bond donors (Lipinski definition) is 2. The Bertz CT molecular complexity index is 869. The average Bonchev–Trinajstić information content (AvgIpc) is 2.70. The second kappa shape index (κ2) is 11.4. The van der Waals surface area contributed by atoms with E-state index in [2.05, 4.69) is 10.6 Å². The van der Waals surface area contributed by atoms with Crippen molar-refractivity contribution in [2.24, 2.45) is 0 Å². The number of halogens is 2. The highest BCUT2D eigenvalue weighted by Gasteiger charge is 2.10. The lowest BCUT2D eigenvalue weighted by molar-refractivity contribution is -0.147. The molecule has 0 fully saturated rings. The molecule has 0 aromatic heterocycles. The Morgan fingerprint density at radius 2 is 1.52 bits per heavy atom. The van der Waals surface area contributed by atoms with E-state index in [1.54, 1.807) is 30.3 Å². The van der Waals surface area contributed by atoms with E-state index in [9.17, 15) is 14.4 Å². The molecule has 0 radical (unpaired) electrons. The van der Waals surface area contributed by atoms with Crippen LogP contribution in [0.25, 0.3) is 0 Å². The van der Waals surface area contributed by atoms with Crippen molar-refractivity contribution in [3.05, 3.63) is 58.1 Å². The van der Waals surface area contributed by atoms with Gasteiger partial charge in [-0.2, -0.15) is 0 Å². The van der Waals surface area contributed by atoms with Crippen molar-refractivity contribution in [3.63, 3.8) is 0 Å². The van der Waals surface area contributed by atoms with E-state index < -0.39 is 11.9 Å². The van der Waals surface area contributed by atoms with Gasteiger partial charge >= 0.3 is 5.97 Å². The summed E-state index contributed by atoms with van der Waals surface area (Å²) in [6.45, 7) is 1.67. The third-order valence-corrected chi connectivity index (χ3v) is 4.74. The van der Waals surface area contributed by atoms with Crippen molar-refractivity contribution >= 4 is 52.4 Å². The zero-order chi connectivity index (χ0) is 21.2. The standard InChI is InChI=1S/C21H22Cl2N2O4/c1-2-14-6-8-15(9-7-14)24-20(27)13-29-21(28)5-3-4-19(26)25-16-10-11-17(22)18(23)12-16/h6-12H,2-5,13H2,1H3,(H,24,27)(H,25,26). The van der Waals surface area contributed by atoms with E-state index in [1.807, 2.05) is 19.1 Å². The van der Waals surface area contributed by atoms with Gasteiger partial charge in [0, 0.05) is 24.2 Å². The van der Waals surface area contributed by atoms with Gasteiger partial charge in [-0.25, -0.2) is 0 Å². The van der Waals surface area contributed by atoms with Gasteiger partial charge in [-0.05, 0) is 48.7 Å². The lowest BCUT2D eigenvalue weighted by atomic mass is 10.1. The molecule has 2 aromatic carbocycles. The molecule has 0 aliphatic carbocycles. The number of rotatable bonds is 9. The minimum atomic E-state index is -0.538. The van der Waals surface area contributed by atoms with Crippen molar-refractivity contribution in [1.29, 1.82) is 0 Å². The molecule has 29 heavy (non-hydrogen) atoms. The number of aryl methyl sites for hydroxylation is 1. The monoisotopic (exact) mass is 436 g/mol. The molecule has 2 N–H and O–H groups in total. The van der Waals surface area contributed by atoms with E-state index in [0.29, 0.717) is 27.8 Å². The van der Waals surface area contributed by atoms with Crippen molar-refractivity contribution in [3.8, 4) is 0 Å². The first-order valence-corrected chi connectivity index (χ1v) is 9.92. The molecule has 0 saturated carbocycles. The molecule has 0 bridgehead atoms. The van der Waals surface area contributed by atoms with Crippen molar-refractivity contribution in [2.45, 2.75) is 32.6 Å². The van der Waals surface area contributed by atoms with E-state index in [4.69, 9.17) is 27.9 Å². The highest BCUT2D eigenvalue weighted by molar-refractivity contribution is 6.42. The first kappa shape index (κ1) is 22.7. The molecule has 8 heteroatoms. The van der Waals surface area contributed by atoms with E-state index in [0.717, 1.165) is 12.0 Å². The highest BCUT2D eigenvalue weighted by atomic mass is 35.5. The lowest BCUT2D eigenvalue weighted by Crippen LogP contribution is -2.21. The second-order valence-corrected chi connectivity index (χ2v) is 7.10. The van der Waals surface area contributed by atoms with Gasteiger partial charge in [0.05, 0.1) is 10.0 Å². The summed E-state index contributed by atoms with van der Waals surface area (Å²) in [5.41, 5.74) is 2.33. The number of ether oxygens (including phenoxy) is 1. The molecule has 2 rings (SSSR count). The Morgan fingerprint density at radius 1 is 0.862 bits per heavy atom. The summed E-state index contributed by atoms with van der Waals surface area (Å²) in [7, 11) is 0. The Labute approximate surface area is 179 Å². The van der Waals surface area contributed by atoms with Crippen LogP contribution in [-0.2, 0) is 25.5 Å². The maximum Gasteiger partial charge on any atom is 0.306 e. The third-order valence-electron chi connectivity index (χ3n) is 4.00. The first-order valence-electron chi connectivity index (χ1n) is 9.16. The largest absolute Gasteiger partial charge is 0.456 e. The quantitative estimate of drug-likeness (QED) is 0.550. The SMILES string of the molecule is CCc1ccc(NC(=O)COC(=O)CCCC(=O)Nc2ccc(Cl)c(Cl)c2)cc1. The predicted octanol–water partition coefficient (Wildman–Crippen LogP) is 4.85. The Hall–Kier alpha value is -2.57. The molecule has 0 spiro atoms. The van der Waals surface area contributed by atoms with Crippen LogP contribution in [0.5, 0.6) is 0 Å². The molecular weight excluding hydrogens is 415 g/mol. The summed E-state index contributed by atoms with van der Waals surface area (Å²) in [5, 5.41) is 6.07. The molecule has 154 valence electrons. The van der Waals surface area contributed by atoms with Crippen LogP contribution in [0.4, 0.5) is 11.4 Å². The van der Waals surface area contributed by atoms with E-state index in [1.165, 1.54) is 0 Å². The molecule has 0 atom stereocenters. The fourth-order valence-corrected chi connectivity index (χ4v) is 2.73. The van der Waals surface area contributed by atoms with Crippen molar-refractivity contribution in [2.75, 3.05) is 17.2 Å². The molecule has 0 aliphatic rings. The third kappa shape index (κ3) is 8.13. The van der Waals surface area contributed by atoms with Crippen LogP contribution in [0.3, 0.4) is 0 Å². The van der Waals surface area contributed by atoms with Gasteiger partial charge in [-0.15, -0.1) is 0 Å². The predicted molar refractivity (Wildman–Crippen MR) is 114 cm³/mol. The smallest absolute Gasteiger partial charge is 0.306 e. The molecule has 2 amide bonds. The highest BCUT2D eigenvalue weighted by Crippen LogP contribution is 2.25. The van der Waals surface area contributed by atoms with Gasteiger partial charge in [0.2, 0.25) is 5.91 Å². The first-order chi connectivity index (χ1) is 13.9. The molecule has 2 aromatic rings. The fraction of sp³-hybridized carbons (Fsp3) is 0.286. The second-order valence-electron chi connectivity index (χ2n) is 6.29. The van der Waals surface area contributed by atoms with E-state index >= 15 is 0 Å². The Kier molecular flexibility index (Phi) is 8.96. The number of carbonyl (C=O) groups is 3. The number of anilines is 2. The van der Waals surface area contributed by atoms with Gasteiger partial charge in [0.25, 0.3) is 5.91 Å². The fourth-order valence-electron chi connectivity index (χ4n) is 2.43. The maximum absolute atomic E-state index is 11.9. The molecule has 0 unspecified atom stereocenters. The summed E-state index contributed by atoms with van der Waals surface area (Å²) >= 11 is 11.7. The van der Waals surface area contributed by atoms with Crippen LogP contribution in [-0.4, -0.2) is 24.4 Å². The van der Waals surface area contributed by atoms with Gasteiger partial charge in [-0.1, -0.05) is 42.3 Å². The van der Waals surface area contributed by atoms with Crippen LogP contribution >= 0.6 is 23.2 Å². The summed E-state index contributed by atoms with van der Waals surface area (Å²) in [4.78, 5) is 35.5. The zero-order valence-corrected chi connectivity index (χ0v) is 17.5. The normalized spacial score (nSPS) is 10.3. The molecular formula is C21H22Cl2N2O4. The van der Waals surface area contributed by atoms with Crippen LogP contribution in [0, 0.1) is 0 Å². The minimum absolute atomic E-state index is 0.0350. The summed E-state index contributed by atoms with van der Waals surface area (Å²) in [6.07, 6.45) is 1.38. The Morgan fingerprint density at radius 3 is 2.17 bits per heavy atom. The summed E-state index contributed by atoms with van der Waals surface area (Å²) < 4.78 is 4.94. The van der Waals surface area contributed by atoms with Gasteiger partial charge in [0.15, 0.2) is 6.61 Å². The molecule has 0 aliphatic heterocycles. The van der Waals surface area contributed by atoms with Crippen LogP contribution in [0.15, 0.2) is 42.5 Å². The average molecular weight is 437 g/mol. The summed E-state index contributed by atoms with van der Waals surface area (Å²) in [5.74, 6) is -1.21. The number of amides is 2. The molecule has 0 heterocycles. The van der Waals surface area contributed by atoms with Gasteiger partial charge < -0.3 is 15.4 Å². The van der Waals surface area contributed by atoms with Gasteiger partial charge in [0.1, 0.15) is 0 Å². The number of hydrogen-bond acceptors (Lipinski definition) is 4. The molecule has 0 saturated heterocycles.